The van der Waals surface area contributed by atoms with Crippen LogP contribution < -0.4 is 10.2 Å². The molecular formula is C17H18F2N4O2S2. The highest BCUT2D eigenvalue weighted by Gasteiger charge is 2.35. The van der Waals surface area contributed by atoms with Gasteiger partial charge in [0, 0.05) is 18.5 Å². The third kappa shape index (κ3) is 4.81. The molecule has 10 heteroatoms. The minimum atomic E-state index is -0.710. The Labute approximate surface area is 163 Å². The maximum atomic E-state index is 13.7. The van der Waals surface area contributed by atoms with E-state index in [9.17, 15) is 18.4 Å². The van der Waals surface area contributed by atoms with Crippen LogP contribution in [0.15, 0.2) is 22.5 Å². The van der Waals surface area contributed by atoms with Gasteiger partial charge in [-0.2, -0.15) is 0 Å². The van der Waals surface area contributed by atoms with E-state index < -0.39 is 22.8 Å². The topological polar surface area (TPSA) is 75.2 Å². The average molecular weight is 412 g/mol. The summed E-state index contributed by atoms with van der Waals surface area (Å²) in [6, 6.07) is 3.05. The first-order chi connectivity index (χ1) is 12.9. The molecule has 0 unspecified atom stereocenters. The second-order valence-corrected chi connectivity index (χ2v) is 8.62. The van der Waals surface area contributed by atoms with Crippen LogP contribution in [0.2, 0.25) is 0 Å². The van der Waals surface area contributed by atoms with Gasteiger partial charge < -0.3 is 5.32 Å². The Bertz CT molecular complexity index is 857. The first-order valence-corrected chi connectivity index (χ1v) is 10.2. The number of halogens is 2. The Morgan fingerprint density at radius 3 is 2.78 bits per heavy atom. The second kappa shape index (κ2) is 8.30. The van der Waals surface area contributed by atoms with Crippen LogP contribution in [0.4, 0.5) is 19.6 Å². The summed E-state index contributed by atoms with van der Waals surface area (Å²) >= 11 is 2.39. The molecule has 1 aromatic heterocycles. The summed E-state index contributed by atoms with van der Waals surface area (Å²) in [7, 11) is 0. The number of nitrogens with zero attached hydrogens (tertiary/aromatic N) is 3. The third-order valence-electron chi connectivity index (χ3n) is 3.92. The van der Waals surface area contributed by atoms with Crippen LogP contribution in [0, 0.1) is 11.6 Å². The number of hydrogen-bond donors (Lipinski definition) is 1. The Morgan fingerprint density at radius 1 is 1.37 bits per heavy atom. The zero-order chi connectivity index (χ0) is 19.6. The highest BCUT2D eigenvalue weighted by molar-refractivity contribution is 8.02. The van der Waals surface area contributed by atoms with Crippen molar-refractivity contribution in [1.29, 1.82) is 0 Å². The van der Waals surface area contributed by atoms with E-state index in [2.05, 4.69) is 15.5 Å². The quantitative estimate of drug-likeness (QED) is 0.552. The van der Waals surface area contributed by atoms with Crippen molar-refractivity contribution in [3.8, 4) is 0 Å². The zero-order valence-electron chi connectivity index (χ0n) is 14.7. The Kier molecular flexibility index (Phi) is 6.05. The first-order valence-electron chi connectivity index (χ1n) is 8.47. The molecule has 144 valence electrons. The molecule has 1 aliphatic rings. The fourth-order valence-corrected chi connectivity index (χ4v) is 4.42. The molecule has 1 fully saturated rings. The number of thioether (sulfide) groups is 1. The first kappa shape index (κ1) is 19.7. The molecule has 0 aliphatic heterocycles. The number of carbonyl (C=O) groups is 2. The normalized spacial score (nSPS) is 14.7. The van der Waals surface area contributed by atoms with Crippen molar-refractivity contribution in [1.82, 2.24) is 10.2 Å². The average Bonchev–Trinajstić information content (AvgIpc) is 3.37. The molecule has 1 aromatic carbocycles. The molecule has 1 aliphatic carbocycles. The molecule has 0 saturated heterocycles. The molecule has 1 atom stereocenters. The van der Waals surface area contributed by atoms with Gasteiger partial charge in [-0.1, -0.05) is 30.0 Å². The number of benzene rings is 1. The fraction of sp³-hybridized carbons (Fsp3) is 0.412. The molecule has 1 heterocycles. The van der Waals surface area contributed by atoms with Crippen LogP contribution in [-0.4, -0.2) is 33.3 Å². The maximum Gasteiger partial charge on any atom is 0.237 e. The monoisotopic (exact) mass is 412 g/mol. The summed E-state index contributed by atoms with van der Waals surface area (Å²) in [4.78, 5) is 26.1. The van der Waals surface area contributed by atoms with E-state index in [4.69, 9.17) is 0 Å². The number of hydrogen-bond acceptors (Lipinski definition) is 6. The molecule has 2 amide bonds. The van der Waals surface area contributed by atoms with E-state index in [1.54, 1.807) is 18.7 Å². The molecule has 27 heavy (non-hydrogen) atoms. The lowest BCUT2D eigenvalue weighted by atomic mass is 10.3. The number of amides is 2. The fourth-order valence-electron chi connectivity index (χ4n) is 2.35. The molecule has 1 saturated carbocycles. The lowest BCUT2D eigenvalue weighted by Gasteiger charge is -2.17. The SMILES string of the molecule is CCC(=O)N(c1nnc(S[C@H](C)C(=O)Nc2cc(F)ccc2F)s1)C1CC1. The van der Waals surface area contributed by atoms with Crippen molar-refractivity contribution in [2.75, 3.05) is 10.2 Å². The van der Waals surface area contributed by atoms with Gasteiger partial charge in [-0.3, -0.25) is 14.5 Å². The van der Waals surface area contributed by atoms with Gasteiger partial charge in [0.15, 0.2) is 4.34 Å². The summed E-state index contributed by atoms with van der Waals surface area (Å²) in [5.74, 6) is -1.83. The van der Waals surface area contributed by atoms with Gasteiger partial charge >= 0.3 is 0 Å². The second-order valence-electron chi connectivity index (χ2n) is 6.07. The Hall–Kier alpha value is -2.07. The third-order valence-corrected chi connectivity index (χ3v) is 6.02. The van der Waals surface area contributed by atoms with Gasteiger partial charge in [0.05, 0.1) is 10.9 Å². The minimum Gasteiger partial charge on any atom is -0.323 e. The standard InChI is InChI=1S/C17H18F2N4O2S2/c1-3-14(24)23(11-5-6-11)16-21-22-17(27-16)26-9(2)15(25)20-13-8-10(18)4-7-12(13)19/h4,7-9,11H,3,5-6H2,1-2H3,(H,20,25)/t9-/m1/s1. The van der Waals surface area contributed by atoms with Crippen LogP contribution in [0.25, 0.3) is 0 Å². The van der Waals surface area contributed by atoms with Crippen molar-refractivity contribution in [3.05, 3.63) is 29.8 Å². The summed E-state index contributed by atoms with van der Waals surface area (Å²) in [5.41, 5.74) is -0.209. The van der Waals surface area contributed by atoms with Crippen LogP contribution in [0.5, 0.6) is 0 Å². The van der Waals surface area contributed by atoms with E-state index in [1.807, 2.05) is 0 Å². The van der Waals surface area contributed by atoms with Crippen molar-refractivity contribution in [2.24, 2.45) is 0 Å². The smallest absolute Gasteiger partial charge is 0.237 e. The van der Waals surface area contributed by atoms with Gasteiger partial charge in [0.25, 0.3) is 0 Å². The molecular weight excluding hydrogens is 394 g/mol. The number of nitrogens with one attached hydrogen (secondary N) is 1. The van der Waals surface area contributed by atoms with E-state index in [-0.39, 0.29) is 17.6 Å². The summed E-state index contributed by atoms with van der Waals surface area (Å²) in [6.45, 7) is 3.43. The summed E-state index contributed by atoms with van der Waals surface area (Å²) in [6.07, 6.45) is 2.29. The van der Waals surface area contributed by atoms with Gasteiger partial charge in [-0.05, 0) is 31.9 Å². The van der Waals surface area contributed by atoms with Gasteiger partial charge in [-0.25, -0.2) is 8.78 Å². The van der Waals surface area contributed by atoms with Gasteiger partial charge in [0.2, 0.25) is 16.9 Å². The van der Waals surface area contributed by atoms with Gasteiger partial charge in [-0.15, -0.1) is 10.2 Å². The minimum absolute atomic E-state index is 0.00225. The van der Waals surface area contributed by atoms with E-state index in [0.29, 0.717) is 15.9 Å². The van der Waals surface area contributed by atoms with Crippen molar-refractivity contribution in [3.63, 3.8) is 0 Å². The molecule has 1 N–H and O–H groups in total. The van der Waals surface area contributed by atoms with Crippen LogP contribution in [-0.2, 0) is 9.59 Å². The summed E-state index contributed by atoms with van der Waals surface area (Å²) < 4.78 is 27.4. The Balaban J connectivity index is 1.65. The van der Waals surface area contributed by atoms with E-state index in [0.717, 1.165) is 42.8 Å². The van der Waals surface area contributed by atoms with Crippen LogP contribution in [0.1, 0.15) is 33.1 Å². The predicted octanol–water partition coefficient (Wildman–Crippen LogP) is 3.84. The largest absolute Gasteiger partial charge is 0.323 e. The van der Waals surface area contributed by atoms with E-state index in [1.165, 1.54) is 11.3 Å². The highest BCUT2D eigenvalue weighted by Crippen LogP contribution is 2.37. The summed E-state index contributed by atoms with van der Waals surface area (Å²) in [5, 5.41) is 10.4. The molecule has 0 spiro atoms. The van der Waals surface area contributed by atoms with Gasteiger partial charge in [0.1, 0.15) is 11.6 Å². The molecule has 0 radical (unpaired) electrons. The number of rotatable bonds is 7. The predicted molar refractivity (Wildman–Crippen MR) is 101 cm³/mol. The van der Waals surface area contributed by atoms with Crippen LogP contribution >= 0.6 is 23.1 Å². The number of aromatic nitrogens is 2. The molecule has 3 rings (SSSR count). The van der Waals surface area contributed by atoms with Crippen molar-refractivity contribution in [2.45, 2.75) is 48.7 Å². The molecule has 0 bridgehead atoms. The zero-order valence-corrected chi connectivity index (χ0v) is 16.4. The van der Waals surface area contributed by atoms with E-state index >= 15 is 0 Å². The lowest BCUT2D eigenvalue weighted by Crippen LogP contribution is -2.32. The van der Waals surface area contributed by atoms with Crippen LogP contribution in [0.3, 0.4) is 0 Å². The van der Waals surface area contributed by atoms with Crippen molar-refractivity contribution >= 4 is 45.7 Å². The maximum absolute atomic E-state index is 13.7. The Morgan fingerprint density at radius 2 is 2.11 bits per heavy atom. The lowest BCUT2D eigenvalue weighted by molar-refractivity contribution is -0.118. The molecule has 2 aromatic rings. The molecule has 6 nitrogen and oxygen atoms in total. The number of carbonyl (C=O) groups excluding carboxylic acids is 2. The van der Waals surface area contributed by atoms with Crippen molar-refractivity contribution < 1.29 is 18.4 Å². The number of anilines is 2. The highest BCUT2D eigenvalue weighted by atomic mass is 32.2.